The summed E-state index contributed by atoms with van der Waals surface area (Å²) in [4.78, 5) is 1.28. The van der Waals surface area contributed by atoms with Crippen molar-refractivity contribution in [2.75, 3.05) is 6.26 Å². The van der Waals surface area contributed by atoms with Crippen molar-refractivity contribution in [3.8, 4) is 0 Å². The molecule has 1 heteroatoms. The highest BCUT2D eigenvalue weighted by Gasteiger charge is 2.23. The number of rotatable bonds is 3. The molecule has 0 nitrogen and oxygen atoms in total. The number of thioether (sulfide) groups is 1. The summed E-state index contributed by atoms with van der Waals surface area (Å²) in [6, 6.07) is 6.66. The topological polar surface area (TPSA) is 0 Å². The summed E-state index contributed by atoms with van der Waals surface area (Å²) < 4.78 is 0. The summed E-state index contributed by atoms with van der Waals surface area (Å²) >= 11 is 1.76. The lowest BCUT2D eigenvalue weighted by Crippen LogP contribution is -1.84. The molecule has 1 aliphatic carbocycles. The number of hydrogen-bond donors (Lipinski definition) is 0. The number of hydrogen-bond acceptors (Lipinski definition) is 1. The Morgan fingerprint density at radius 2 is 2.23 bits per heavy atom. The maximum Gasteiger partial charge on any atom is 0.0148 e. The maximum atomic E-state index is 3.72. The maximum absolute atomic E-state index is 3.72. The molecule has 1 aromatic rings. The Kier molecular flexibility index (Phi) is 2.45. The van der Waals surface area contributed by atoms with Crippen molar-refractivity contribution >= 4 is 11.8 Å². The van der Waals surface area contributed by atoms with Crippen LogP contribution in [0.1, 0.15) is 29.9 Å². The molecular weight excluding hydrogens is 176 g/mol. The van der Waals surface area contributed by atoms with Gasteiger partial charge in [0.15, 0.2) is 0 Å². The first-order valence-electron chi connectivity index (χ1n) is 4.56. The van der Waals surface area contributed by atoms with Crippen LogP contribution < -0.4 is 0 Å². The monoisotopic (exact) mass is 189 g/mol. The second-order valence-electron chi connectivity index (χ2n) is 3.41. The Hall–Kier alpha value is -0.690. The summed E-state index contributed by atoms with van der Waals surface area (Å²) in [6.45, 7) is 3.72. The summed E-state index contributed by atoms with van der Waals surface area (Å²) in [5, 5.41) is 0. The van der Waals surface area contributed by atoms with Gasteiger partial charge < -0.3 is 0 Å². The molecule has 1 aliphatic rings. The lowest BCUT2D eigenvalue weighted by Gasteiger charge is -2.04. The normalized spacial score (nSPS) is 15.8. The van der Waals surface area contributed by atoms with Crippen LogP contribution in [-0.2, 0) is 0 Å². The van der Waals surface area contributed by atoms with Gasteiger partial charge in [0.25, 0.3) is 0 Å². The predicted octanol–water partition coefficient (Wildman–Crippen LogP) is 3.62. The van der Waals surface area contributed by atoms with E-state index in [0.29, 0.717) is 0 Å². The third-order valence-corrected chi connectivity index (χ3v) is 3.26. The highest BCUT2D eigenvalue weighted by molar-refractivity contribution is 7.98. The van der Waals surface area contributed by atoms with Crippen molar-refractivity contribution in [2.24, 2.45) is 0 Å². The van der Waals surface area contributed by atoms with Crippen LogP contribution >= 0.6 is 11.8 Å². The summed E-state index contributed by atoms with van der Waals surface area (Å²) in [5.74, 6) is 0.822. The molecule has 0 saturated heterocycles. The first kappa shape index (κ1) is 8.89. The molecule has 0 N–H and O–H groups in total. The fraction of sp³-hybridized carbons (Fsp3) is 0.333. The van der Waals surface area contributed by atoms with E-state index in [4.69, 9.17) is 0 Å². The van der Waals surface area contributed by atoms with E-state index in [9.17, 15) is 0 Å². The molecule has 0 amide bonds. The second kappa shape index (κ2) is 3.59. The minimum Gasteiger partial charge on any atom is -0.129 e. The van der Waals surface area contributed by atoms with Crippen molar-refractivity contribution in [3.63, 3.8) is 0 Å². The zero-order valence-corrected chi connectivity index (χ0v) is 8.66. The van der Waals surface area contributed by atoms with E-state index in [1.54, 1.807) is 11.8 Å². The van der Waals surface area contributed by atoms with Crippen LogP contribution in [0.15, 0.2) is 29.7 Å². The smallest absolute Gasteiger partial charge is 0.0148 e. The predicted molar refractivity (Wildman–Crippen MR) is 58.2 cm³/mol. The molecule has 0 unspecified atom stereocenters. The first-order chi connectivity index (χ1) is 6.35. The van der Waals surface area contributed by atoms with E-state index in [1.807, 2.05) is 0 Å². The summed E-state index contributed by atoms with van der Waals surface area (Å²) in [7, 11) is 0. The highest BCUT2D eigenvalue weighted by Crippen LogP contribution is 2.41. The quantitative estimate of drug-likeness (QED) is 0.654. The fourth-order valence-electron chi connectivity index (χ4n) is 1.53. The van der Waals surface area contributed by atoms with Crippen molar-refractivity contribution in [2.45, 2.75) is 23.7 Å². The Bertz CT molecular complexity index is 324. The molecule has 0 aromatic heterocycles. The van der Waals surface area contributed by atoms with Crippen molar-refractivity contribution in [1.29, 1.82) is 0 Å². The molecule has 1 aromatic carbocycles. The lowest BCUT2D eigenvalue weighted by molar-refractivity contribution is 1.11. The summed E-state index contributed by atoms with van der Waals surface area (Å²) in [5.41, 5.74) is 2.63. The molecule has 0 atom stereocenters. The van der Waals surface area contributed by atoms with Gasteiger partial charge >= 0.3 is 0 Å². The molecule has 67 valence electrons. The zero-order valence-electron chi connectivity index (χ0n) is 7.84. The fourth-order valence-corrected chi connectivity index (χ4v) is 2.09. The Morgan fingerprint density at radius 1 is 1.46 bits per heavy atom. The van der Waals surface area contributed by atoms with Crippen LogP contribution in [0, 0.1) is 6.08 Å². The van der Waals surface area contributed by atoms with Crippen LogP contribution in [0.5, 0.6) is 0 Å². The molecule has 2 rings (SSSR count). The van der Waals surface area contributed by atoms with Gasteiger partial charge in [0.1, 0.15) is 0 Å². The number of benzene rings is 1. The molecule has 1 saturated carbocycles. The van der Waals surface area contributed by atoms with E-state index < -0.39 is 0 Å². The summed E-state index contributed by atoms with van der Waals surface area (Å²) in [6.07, 6.45) is 7.80. The second-order valence-corrected chi connectivity index (χ2v) is 4.26. The molecular formula is C12H13S. The van der Waals surface area contributed by atoms with Crippen LogP contribution in [-0.4, -0.2) is 6.26 Å². The minimum atomic E-state index is 0.822. The van der Waals surface area contributed by atoms with Gasteiger partial charge in [-0.05, 0) is 54.4 Å². The third-order valence-electron chi connectivity index (χ3n) is 2.46. The zero-order chi connectivity index (χ0) is 9.26. The average Bonchev–Trinajstić information content (AvgIpc) is 3.00. The van der Waals surface area contributed by atoms with E-state index in [-0.39, 0.29) is 0 Å². The van der Waals surface area contributed by atoms with Crippen molar-refractivity contribution in [1.82, 2.24) is 0 Å². The standard InChI is InChI=1S/C12H13S/c1-3-9-8-11(10-4-5-10)6-7-12(9)13-2/h6-8,10H,1,4-5H2,2H3. The minimum absolute atomic E-state index is 0.822. The molecule has 13 heavy (non-hydrogen) atoms. The lowest BCUT2D eigenvalue weighted by atomic mass is 10.1. The van der Waals surface area contributed by atoms with Gasteiger partial charge in [0, 0.05) is 4.90 Å². The molecule has 0 bridgehead atoms. The van der Waals surface area contributed by atoms with Gasteiger partial charge in [-0.3, -0.25) is 0 Å². The Morgan fingerprint density at radius 3 is 2.77 bits per heavy atom. The molecule has 0 spiro atoms. The van der Waals surface area contributed by atoms with Gasteiger partial charge in [-0.15, -0.1) is 11.8 Å². The van der Waals surface area contributed by atoms with Gasteiger partial charge in [-0.25, -0.2) is 0 Å². The largest absolute Gasteiger partial charge is 0.129 e. The van der Waals surface area contributed by atoms with Crippen molar-refractivity contribution < 1.29 is 0 Å². The van der Waals surface area contributed by atoms with Gasteiger partial charge in [0.05, 0.1) is 0 Å². The molecule has 1 fully saturated rings. The van der Waals surface area contributed by atoms with Gasteiger partial charge in [-0.2, -0.15) is 0 Å². The Balaban J connectivity index is 2.36. The average molecular weight is 189 g/mol. The van der Waals surface area contributed by atoms with Crippen LogP contribution in [0.25, 0.3) is 0 Å². The highest BCUT2D eigenvalue weighted by atomic mass is 32.2. The van der Waals surface area contributed by atoms with E-state index >= 15 is 0 Å². The van der Waals surface area contributed by atoms with E-state index in [1.165, 1.54) is 23.3 Å². The SMILES string of the molecule is C=[C]c1cc(C2CC2)ccc1SC. The first-order valence-corrected chi connectivity index (χ1v) is 5.78. The van der Waals surface area contributed by atoms with E-state index in [2.05, 4.69) is 37.1 Å². The van der Waals surface area contributed by atoms with Gasteiger partial charge in [-0.1, -0.05) is 12.6 Å². The van der Waals surface area contributed by atoms with Crippen LogP contribution in [0.3, 0.4) is 0 Å². The molecule has 0 aliphatic heterocycles. The molecule has 0 heterocycles. The van der Waals surface area contributed by atoms with Gasteiger partial charge in [0.2, 0.25) is 0 Å². The van der Waals surface area contributed by atoms with Crippen LogP contribution in [0.4, 0.5) is 0 Å². The van der Waals surface area contributed by atoms with Crippen molar-refractivity contribution in [3.05, 3.63) is 42.0 Å². The van der Waals surface area contributed by atoms with Crippen LogP contribution in [0.2, 0.25) is 0 Å². The van der Waals surface area contributed by atoms with E-state index in [0.717, 1.165) is 11.5 Å². The molecule has 1 radical (unpaired) electrons. The Labute approximate surface area is 84.0 Å². The third kappa shape index (κ3) is 1.80.